The molecule has 0 spiro atoms. The molecule has 1 atom stereocenters. The van der Waals surface area contributed by atoms with E-state index in [1.807, 2.05) is 0 Å². The highest BCUT2D eigenvalue weighted by molar-refractivity contribution is 5.72. The zero-order chi connectivity index (χ0) is 14.4. The van der Waals surface area contributed by atoms with E-state index in [0.29, 0.717) is 5.92 Å². The molecule has 0 bridgehead atoms. The molecule has 2 nitrogen and oxygen atoms in total. The monoisotopic (exact) mass is 273 g/mol. The zero-order valence-corrected chi connectivity index (χ0v) is 12.9. The van der Waals surface area contributed by atoms with Gasteiger partial charge in [0.05, 0.1) is 0 Å². The predicted molar refractivity (Wildman–Crippen MR) is 84.0 cm³/mol. The third-order valence-corrected chi connectivity index (χ3v) is 4.29. The first-order chi connectivity index (χ1) is 9.70. The number of fused-ring (bicyclic) bond motifs is 1. The van der Waals surface area contributed by atoms with Crippen molar-refractivity contribution in [1.29, 1.82) is 0 Å². The molecule has 0 saturated heterocycles. The summed E-state index contributed by atoms with van der Waals surface area (Å²) in [5.74, 6) is 0.781. The number of rotatable bonds is 6. The maximum absolute atomic E-state index is 10.9. The van der Waals surface area contributed by atoms with E-state index in [2.05, 4.69) is 30.4 Å². The van der Waals surface area contributed by atoms with Crippen LogP contribution in [0.2, 0.25) is 0 Å². The van der Waals surface area contributed by atoms with Crippen LogP contribution >= 0.6 is 0 Å². The summed E-state index contributed by atoms with van der Waals surface area (Å²) in [4.78, 5) is 10.9. The Balaban J connectivity index is 1.98. The average molecular weight is 273 g/mol. The van der Waals surface area contributed by atoms with Crippen molar-refractivity contribution in [2.24, 2.45) is 0 Å². The van der Waals surface area contributed by atoms with Gasteiger partial charge >= 0.3 is 0 Å². The number of carbonyl (C=O) groups is 1. The van der Waals surface area contributed by atoms with Crippen LogP contribution in [-0.4, -0.2) is 12.5 Å². The van der Waals surface area contributed by atoms with Gasteiger partial charge < -0.3 is 5.32 Å². The summed E-state index contributed by atoms with van der Waals surface area (Å²) >= 11 is 0. The van der Waals surface area contributed by atoms with Crippen molar-refractivity contribution < 1.29 is 4.79 Å². The topological polar surface area (TPSA) is 29.1 Å². The third-order valence-electron chi connectivity index (χ3n) is 4.29. The van der Waals surface area contributed by atoms with Crippen LogP contribution < -0.4 is 5.32 Å². The molecule has 0 aromatic heterocycles. The summed E-state index contributed by atoms with van der Waals surface area (Å²) in [6.45, 7) is 4.65. The van der Waals surface area contributed by atoms with E-state index >= 15 is 0 Å². The Morgan fingerprint density at radius 3 is 3.00 bits per heavy atom. The lowest BCUT2D eigenvalue weighted by Gasteiger charge is -2.26. The quantitative estimate of drug-likeness (QED) is 0.781. The Morgan fingerprint density at radius 1 is 1.40 bits per heavy atom. The zero-order valence-electron chi connectivity index (χ0n) is 12.9. The van der Waals surface area contributed by atoms with Gasteiger partial charge in [0.2, 0.25) is 5.91 Å². The lowest BCUT2D eigenvalue weighted by atomic mass is 9.79. The lowest BCUT2D eigenvalue weighted by molar-refractivity contribution is -0.118. The van der Waals surface area contributed by atoms with Gasteiger partial charge in [-0.25, -0.2) is 0 Å². The molecule has 1 aromatic carbocycles. The summed E-state index contributed by atoms with van der Waals surface area (Å²) in [6.07, 6.45) is 8.54. The Kier molecular flexibility index (Phi) is 5.63. The van der Waals surface area contributed by atoms with Crippen LogP contribution in [0.15, 0.2) is 18.2 Å². The minimum atomic E-state index is 0.0827. The number of hydrogen-bond acceptors (Lipinski definition) is 1. The molecule has 2 rings (SSSR count). The molecule has 0 saturated carbocycles. The van der Waals surface area contributed by atoms with E-state index in [9.17, 15) is 4.79 Å². The van der Waals surface area contributed by atoms with E-state index < -0.39 is 0 Å². The second-order valence-corrected chi connectivity index (χ2v) is 6.00. The number of benzene rings is 1. The molecule has 1 amide bonds. The van der Waals surface area contributed by atoms with Gasteiger partial charge in [-0.05, 0) is 61.1 Å². The highest BCUT2D eigenvalue weighted by Gasteiger charge is 2.20. The molecular formula is C18H27NO. The van der Waals surface area contributed by atoms with Crippen molar-refractivity contribution in [3.05, 3.63) is 34.9 Å². The van der Waals surface area contributed by atoms with Crippen molar-refractivity contribution in [2.75, 3.05) is 6.54 Å². The Morgan fingerprint density at radius 2 is 2.25 bits per heavy atom. The van der Waals surface area contributed by atoms with Crippen molar-refractivity contribution >= 4 is 5.91 Å². The van der Waals surface area contributed by atoms with Crippen LogP contribution in [-0.2, 0) is 17.6 Å². The Hall–Kier alpha value is -1.31. The summed E-state index contributed by atoms with van der Waals surface area (Å²) in [6, 6.07) is 7.10. The minimum absolute atomic E-state index is 0.0827. The molecule has 1 aliphatic rings. The predicted octanol–water partition coefficient (Wildman–Crippen LogP) is 3.98. The molecule has 0 radical (unpaired) electrons. The summed E-state index contributed by atoms with van der Waals surface area (Å²) in [7, 11) is 0. The van der Waals surface area contributed by atoms with Gasteiger partial charge in [-0.2, -0.15) is 0 Å². The second-order valence-electron chi connectivity index (χ2n) is 6.00. The first-order valence-corrected chi connectivity index (χ1v) is 8.07. The number of nitrogens with one attached hydrogen (secondary N) is 1. The average Bonchev–Trinajstić information content (AvgIpc) is 2.44. The molecule has 1 aromatic rings. The van der Waals surface area contributed by atoms with Crippen molar-refractivity contribution in [1.82, 2.24) is 5.32 Å². The molecule has 1 N–H and O–H groups in total. The molecular weight excluding hydrogens is 246 g/mol. The fourth-order valence-electron chi connectivity index (χ4n) is 3.30. The van der Waals surface area contributed by atoms with E-state index in [4.69, 9.17) is 0 Å². The maximum atomic E-state index is 10.9. The number of aryl methyl sites for hydroxylation is 2. The normalized spacial score (nSPS) is 17.6. The first-order valence-electron chi connectivity index (χ1n) is 8.07. The standard InChI is InChI=1S/C18H27NO/c1-3-6-15-10-11-17-8-4-7-16(18(17)13-15)9-5-12-19-14(2)20/h10-11,13,16H,3-9,12H2,1-2H3,(H,19,20). The highest BCUT2D eigenvalue weighted by Crippen LogP contribution is 2.35. The van der Waals surface area contributed by atoms with Gasteiger partial charge in [-0.3, -0.25) is 4.79 Å². The summed E-state index contributed by atoms with van der Waals surface area (Å²) in [5.41, 5.74) is 4.63. The number of hydrogen-bond donors (Lipinski definition) is 1. The highest BCUT2D eigenvalue weighted by atomic mass is 16.1. The van der Waals surface area contributed by atoms with Gasteiger partial charge in [0.1, 0.15) is 0 Å². The van der Waals surface area contributed by atoms with Gasteiger partial charge in [-0.1, -0.05) is 31.5 Å². The molecule has 2 heteroatoms. The van der Waals surface area contributed by atoms with Crippen LogP contribution in [0.1, 0.15) is 68.6 Å². The lowest BCUT2D eigenvalue weighted by Crippen LogP contribution is -2.21. The molecule has 1 unspecified atom stereocenters. The van der Waals surface area contributed by atoms with Crippen LogP contribution in [0.25, 0.3) is 0 Å². The smallest absolute Gasteiger partial charge is 0.216 e. The Bertz CT molecular complexity index is 453. The second kappa shape index (κ2) is 7.47. The van der Waals surface area contributed by atoms with E-state index in [0.717, 1.165) is 13.0 Å². The van der Waals surface area contributed by atoms with Gasteiger partial charge in [0.15, 0.2) is 0 Å². The molecule has 1 aliphatic carbocycles. The molecule has 0 heterocycles. The van der Waals surface area contributed by atoms with Crippen molar-refractivity contribution in [3.8, 4) is 0 Å². The number of amides is 1. The number of carbonyl (C=O) groups excluding carboxylic acids is 1. The maximum Gasteiger partial charge on any atom is 0.216 e. The fourth-order valence-corrected chi connectivity index (χ4v) is 3.30. The fraction of sp³-hybridized carbons (Fsp3) is 0.611. The SMILES string of the molecule is CCCc1ccc2c(c1)C(CCCNC(C)=O)CCC2. The van der Waals surface area contributed by atoms with Crippen molar-refractivity contribution in [2.45, 2.75) is 64.7 Å². The largest absolute Gasteiger partial charge is 0.356 e. The third kappa shape index (κ3) is 4.09. The summed E-state index contributed by atoms with van der Waals surface area (Å²) < 4.78 is 0. The van der Waals surface area contributed by atoms with E-state index in [-0.39, 0.29) is 5.91 Å². The molecule has 110 valence electrons. The van der Waals surface area contributed by atoms with E-state index in [1.54, 1.807) is 18.1 Å². The first kappa shape index (κ1) is 15.1. The minimum Gasteiger partial charge on any atom is -0.356 e. The van der Waals surface area contributed by atoms with Gasteiger partial charge in [0, 0.05) is 13.5 Å². The van der Waals surface area contributed by atoms with Gasteiger partial charge in [0.25, 0.3) is 0 Å². The van der Waals surface area contributed by atoms with Crippen molar-refractivity contribution in [3.63, 3.8) is 0 Å². The molecule has 20 heavy (non-hydrogen) atoms. The molecule has 0 fully saturated rings. The van der Waals surface area contributed by atoms with Crippen LogP contribution in [0.5, 0.6) is 0 Å². The molecule has 0 aliphatic heterocycles. The van der Waals surface area contributed by atoms with Crippen LogP contribution in [0.3, 0.4) is 0 Å². The van der Waals surface area contributed by atoms with Crippen LogP contribution in [0.4, 0.5) is 0 Å². The van der Waals surface area contributed by atoms with E-state index in [1.165, 1.54) is 44.1 Å². The summed E-state index contributed by atoms with van der Waals surface area (Å²) in [5, 5.41) is 2.90. The van der Waals surface area contributed by atoms with Gasteiger partial charge in [-0.15, -0.1) is 0 Å². The Labute approximate surface area is 123 Å². The van der Waals surface area contributed by atoms with Crippen LogP contribution in [0, 0.1) is 0 Å².